The molecule has 94 valence electrons. The monoisotopic (exact) mass is 247 g/mol. The number of hydrogen-bond donors (Lipinski definition) is 0. The molecule has 0 fully saturated rings. The van der Waals surface area contributed by atoms with E-state index in [1.165, 1.54) is 21.1 Å². The highest BCUT2D eigenvalue weighted by Crippen LogP contribution is 2.34. The van der Waals surface area contributed by atoms with Gasteiger partial charge in [-0.15, -0.1) is 0 Å². The molecule has 5 heteroatoms. The summed E-state index contributed by atoms with van der Waals surface area (Å²) in [5.74, 6) is 0.466. The Hall–Kier alpha value is -2.17. The standard InChI is InChI=1S/C13H13NO4/c1-7(15)14-10-4-8-5-11(17-2)12(18-3)6-9(8)13(10)16/h5-6H,4H2,1-3H3. The summed E-state index contributed by atoms with van der Waals surface area (Å²) in [6.07, 6.45) is 0.355. The minimum Gasteiger partial charge on any atom is -0.493 e. The normalized spacial score (nSPS) is 15.7. The summed E-state index contributed by atoms with van der Waals surface area (Å²) in [7, 11) is 3.04. The molecule has 1 aromatic carbocycles. The smallest absolute Gasteiger partial charge is 0.242 e. The summed E-state index contributed by atoms with van der Waals surface area (Å²) in [6, 6.07) is 3.37. The van der Waals surface area contributed by atoms with Gasteiger partial charge in [0.1, 0.15) is 0 Å². The van der Waals surface area contributed by atoms with Gasteiger partial charge in [0.2, 0.25) is 11.7 Å². The molecule has 1 aliphatic carbocycles. The van der Waals surface area contributed by atoms with Crippen LogP contribution in [0.25, 0.3) is 0 Å². The minimum absolute atomic E-state index is 0.221. The molecule has 0 bridgehead atoms. The number of carbonyl (C=O) groups excluding carboxylic acids is 2. The van der Waals surface area contributed by atoms with Crippen molar-refractivity contribution in [1.29, 1.82) is 0 Å². The molecule has 0 saturated heterocycles. The molecule has 18 heavy (non-hydrogen) atoms. The van der Waals surface area contributed by atoms with Crippen molar-refractivity contribution >= 4 is 17.4 Å². The van der Waals surface area contributed by atoms with Gasteiger partial charge in [-0.2, -0.15) is 0 Å². The maximum atomic E-state index is 12.0. The van der Waals surface area contributed by atoms with Crippen LogP contribution in [0.15, 0.2) is 17.1 Å². The number of fused-ring (bicyclic) bond motifs is 1. The maximum absolute atomic E-state index is 12.0. The van der Waals surface area contributed by atoms with Crippen LogP contribution in [-0.4, -0.2) is 31.6 Å². The second-order valence-corrected chi connectivity index (χ2v) is 3.95. The average molecular weight is 247 g/mol. The molecular formula is C13H13NO4. The van der Waals surface area contributed by atoms with Gasteiger partial charge in [-0.3, -0.25) is 9.59 Å². The summed E-state index contributed by atoms with van der Waals surface area (Å²) < 4.78 is 10.3. The summed E-state index contributed by atoms with van der Waals surface area (Å²) >= 11 is 0. The van der Waals surface area contributed by atoms with E-state index in [1.807, 2.05) is 0 Å². The molecule has 1 aromatic rings. The largest absolute Gasteiger partial charge is 0.493 e. The van der Waals surface area contributed by atoms with Crippen molar-refractivity contribution in [2.45, 2.75) is 13.3 Å². The zero-order chi connectivity index (χ0) is 13.3. The van der Waals surface area contributed by atoms with E-state index in [4.69, 9.17) is 9.47 Å². The lowest BCUT2D eigenvalue weighted by atomic mass is 10.1. The third-order valence-corrected chi connectivity index (χ3v) is 2.77. The number of rotatable bonds is 2. The predicted octanol–water partition coefficient (Wildman–Crippen LogP) is 1.43. The number of ketones is 1. The summed E-state index contributed by atoms with van der Waals surface area (Å²) in [4.78, 5) is 26.7. The molecule has 1 aliphatic rings. The number of benzene rings is 1. The Balaban J connectivity index is 2.49. The molecule has 1 amide bonds. The van der Waals surface area contributed by atoms with Gasteiger partial charge in [-0.05, 0) is 17.7 Å². The third-order valence-electron chi connectivity index (χ3n) is 2.77. The van der Waals surface area contributed by atoms with E-state index in [2.05, 4.69) is 4.99 Å². The number of nitrogens with zero attached hydrogens (tertiary/aromatic N) is 1. The van der Waals surface area contributed by atoms with Crippen LogP contribution in [-0.2, 0) is 11.2 Å². The molecule has 0 heterocycles. The van der Waals surface area contributed by atoms with Crippen molar-refractivity contribution in [1.82, 2.24) is 0 Å². The van der Waals surface area contributed by atoms with Gasteiger partial charge in [0, 0.05) is 18.9 Å². The molecule has 0 aromatic heterocycles. The highest BCUT2D eigenvalue weighted by molar-refractivity contribution is 6.50. The topological polar surface area (TPSA) is 65.0 Å². The number of hydrogen-bond acceptors (Lipinski definition) is 4. The molecule has 0 spiro atoms. The van der Waals surface area contributed by atoms with Crippen molar-refractivity contribution in [3.8, 4) is 11.5 Å². The Bertz CT molecular complexity index is 560. The highest BCUT2D eigenvalue weighted by Gasteiger charge is 2.28. The zero-order valence-corrected chi connectivity index (χ0v) is 10.4. The number of aliphatic imine (C=N–C) groups is 1. The van der Waals surface area contributed by atoms with Crippen LogP contribution in [0, 0.1) is 0 Å². The fourth-order valence-corrected chi connectivity index (χ4v) is 1.98. The van der Waals surface area contributed by atoms with E-state index < -0.39 is 0 Å². The molecule has 0 aliphatic heterocycles. The van der Waals surface area contributed by atoms with Crippen molar-refractivity contribution in [3.63, 3.8) is 0 Å². The van der Waals surface area contributed by atoms with Crippen LogP contribution in [0.1, 0.15) is 22.8 Å². The van der Waals surface area contributed by atoms with E-state index in [0.29, 0.717) is 23.5 Å². The highest BCUT2D eigenvalue weighted by atomic mass is 16.5. The first kappa shape index (κ1) is 12.3. The van der Waals surface area contributed by atoms with E-state index in [0.717, 1.165) is 5.56 Å². The fourth-order valence-electron chi connectivity index (χ4n) is 1.98. The van der Waals surface area contributed by atoms with Gasteiger partial charge in [-0.1, -0.05) is 0 Å². The molecule has 0 radical (unpaired) electrons. The van der Waals surface area contributed by atoms with Gasteiger partial charge in [0.15, 0.2) is 11.5 Å². The molecule has 0 unspecified atom stereocenters. The van der Waals surface area contributed by atoms with Gasteiger partial charge in [0.25, 0.3) is 0 Å². The Morgan fingerprint density at radius 2 is 1.83 bits per heavy atom. The van der Waals surface area contributed by atoms with Gasteiger partial charge < -0.3 is 9.47 Å². The first-order chi connectivity index (χ1) is 8.56. The second-order valence-electron chi connectivity index (χ2n) is 3.95. The first-order valence-corrected chi connectivity index (χ1v) is 5.44. The van der Waals surface area contributed by atoms with E-state index in [-0.39, 0.29) is 17.4 Å². The van der Waals surface area contributed by atoms with Gasteiger partial charge in [-0.25, -0.2) is 4.99 Å². The van der Waals surface area contributed by atoms with Crippen LogP contribution in [0.2, 0.25) is 0 Å². The molecule has 5 nitrogen and oxygen atoms in total. The van der Waals surface area contributed by atoms with Gasteiger partial charge in [0.05, 0.1) is 19.9 Å². The molecule has 0 N–H and O–H groups in total. The van der Waals surface area contributed by atoms with Gasteiger partial charge >= 0.3 is 0 Å². The summed E-state index contributed by atoms with van der Waals surface area (Å²) in [5, 5.41) is 0. The fraction of sp³-hybridized carbons (Fsp3) is 0.308. The lowest BCUT2D eigenvalue weighted by Crippen LogP contribution is -2.09. The van der Waals surface area contributed by atoms with Crippen molar-refractivity contribution < 1.29 is 19.1 Å². The van der Waals surface area contributed by atoms with E-state index >= 15 is 0 Å². The lowest BCUT2D eigenvalue weighted by molar-refractivity contribution is -0.115. The Morgan fingerprint density at radius 3 is 2.39 bits per heavy atom. The van der Waals surface area contributed by atoms with Crippen LogP contribution < -0.4 is 9.47 Å². The third kappa shape index (κ3) is 1.99. The molecule has 0 atom stereocenters. The minimum atomic E-state index is -0.370. The molecule has 2 rings (SSSR count). The summed E-state index contributed by atoms with van der Waals surface area (Å²) in [6.45, 7) is 1.32. The van der Waals surface area contributed by atoms with Crippen LogP contribution >= 0.6 is 0 Å². The molecule has 0 saturated carbocycles. The van der Waals surface area contributed by atoms with Crippen molar-refractivity contribution in [2.75, 3.05) is 14.2 Å². The van der Waals surface area contributed by atoms with E-state index in [9.17, 15) is 9.59 Å². The van der Waals surface area contributed by atoms with Crippen molar-refractivity contribution in [3.05, 3.63) is 23.3 Å². The molecular weight excluding hydrogens is 234 g/mol. The average Bonchev–Trinajstić information content (AvgIpc) is 2.63. The number of methoxy groups -OCH3 is 2. The number of carbonyl (C=O) groups is 2. The van der Waals surface area contributed by atoms with Crippen LogP contribution in [0.5, 0.6) is 11.5 Å². The predicted molar refractivity (Wildman–Crippen MR) is 65.7 cm³/mol. The van der Waals surface area contributed by atoms with E-state index in [1.54, 1.807) is 12.1 Å². The van der Waals surface area contributed by atoms with Crippen LogP contribution in [0.3, 0.4) is 0 Å². The maximum Gasteiger partial charge on any atom is 0.242 e. The Kier molecular flexibility index (Phi) is 3.14. The lowest BCUT2D eigenvalue weighted by Gasteiger charge is -2.08. The second kappa shape index (κ2) is 4.60. The number of ether oxygens (including phenoxy) is 2. The van der Waals surface area contributed by atoms with Crippen molar-refractivity contribution in [2.24, 2.45) is 4.99 Å². The Labute approximate surface area is 104 Å². The Morgan fingerprint density at radius 1 is 1.22 bits per heavy atom. The SMILES string of the molecule is COc1cc2c(cc1OC)C(=O)C(=NC(C)=O)C2. The number of Topliss-reactive ketones (excluding diaryl/α,β-unsaturated/α-hetero) is 1. The van der Waals surface area contributed by atoms with Crippen LogP contribution in [0.4, 0.5) is 0 Å². The number of amides is 1. The first-order valence-electron chi connectivity index (χ1n) is 5.44. The zero-order valence-electron chi connectivity index (χ0n) is 10.4. The summed E-state index contributed by atoms with van der Waals surface area (Å²) in [5.41, 5.74) is 1.60. The quantitative estimate of drug-likeness (QED) is 0.793.